The van der Waals surface area contributed by atoms with Crippen LogP contribution in [-0.4, -0.2) is 266 Å². The van der Waals surface area contributed by atoms with Crippen LogP contribution >= 0.6 is 81.0 Å². The maximum Gasteiger partial charge on any atom is 0.318 e. The third kappa shape index (κ3) is 23.0. The summed E-state index contributed by atoms with van der Waals surface area (Å²) in [5.74, 6) is 5.11. The van der Waals surface area contributed by atoms with Gasteiger partial charge in [0.25, 0.3) is 0 Å². The Labute approximate surface area is 820 Å². The van der Waals surface area contributed by atoms with Crippen molar-refractivity contribution in [3.63, 3.8) is 0 Å². The van der Waals surface area contributed by atoms with Gasteiger partial charge in [-0.05, 0) is 176 Å². The van der Waals surface area contributed by atoms with Gasteiger partial charge in [0, 0.05) is 153 Å². The number of nitrogens with zero attached hydrogens (tertiary/aromatic N) is 20. The van der Waals surface area contributed by atoms with Gasteiger partial charge in [-0.1, -0.05) is 124 Å². The van der Waals surface area contributed by atoms with E-state index in [0.717, 1.165) is 135 Å². The molecule has 0 bridgehead atoms. The molecule has 6 atom stereocenters. The Bertz CT molecular complexity index is 5670. The van der Waals surface area contributed by atoms with E-state index in [2.05, 4.69) is 230 Å². The maximum absolute atomic E-state index is 12.6. The van der Waals surface area contributed by atoms with E-state index in [0.29, 0.717) is 141 Å². The lowest BCUT2D eigenvalue weighted by Crippen LogP contribution is -2.56. The zero-order valence-electron chi connectivity index (χ0n) is 76.8. The number of likely N-dealkylation sites (tertiary alicyclic amines) is 3. The van der Waals surface area contributed by atoms with Crippen LogP contribution in [0.5, 0.6) is 18.0 Å². The molecule has 9 aromatic rings. The molecule has 0 aliphatic carbocycles. The SMILES string of the molecule is C#CC[C@H]1CN(c2nc(OC[C@@H]3CCCN3C)nc3c2CCN(c2cccc4ccccc24)C3)CCN1C(=O)C=C.S.S.S.S.S.S.[C-]#[N+]C[C@H]1CN(c2nc(OC[C@@H]3CCCN3C)nc3c2CCN(c2cccc4cccc(C)c24)C3)CCN1C(=O)C=C.[C-]#[N+]C[C@H]1CN(c2nc(OC[C@@H]3CCCN3C)nc3c2CCN(c2cccc4cccc(CC)c24)C3)CCN1C(=O)C=C. The fraction of sp³-hybridized carbons (Fsp3) is 0.450. The lowest BCUT2D eigenvalue weighted by Gasteiger charge is -2.42. The van der Waals surface area contributed by atoms with Crippen LogP contribution in [0.4, 0.5) is 34.5 Å². The number of aryl methyl sites for hydroxylation is 2. The summed E-state index contributed by atoms with van der Waals surface area (Å²) in [6, 6.07) is 42.9. The van der Waals surface area contributed by atoms with Crippen molar-refractivity contribution in [2.75, 3.05) is 182 Å². The van der Waals surface area contributed by atoms with Gasteiger partial charge in [0.15, 0.2) is 0 Å². The quantitative estimate of drug-likeness (QED) is 0.0351. The molecule has 6 aromatic carbocycles. The van der Waals surface area contributed by atoms with Crippen LogP contribution in [0.2, 0.25) is 0 Å². The van der Waals surface area contributed by atoms with Gasteiger partial charge in [0.05, 0.1) is 42.8 Å². The summed E-state index contributed by atoms with van der Waals surface area (Å²) in [7, 11) is 6.44. The Morgan fingerprint density at radius 3 is 1.18 bits per heavy atom. The largest absolute Gasteiger partial charge is 0.462 e. The summed E-state index contributed by atoms with van der Waals surface area (Å²) < 4.78 is 18.9. The number of hydrogen-bond donors (Lipinski definition) is 0. The van der Waals surface area contributed by atoms with Crippen LogP contribution in [0.25, 0.3) is 42.0 Å². The van der Waals surface area contributed by atoms with E-state index in [4.69, 9.17) is 63.7 Å². The predicted molar refractivity (Wildman–Crippen MR) is 562 cm³/mol. The molecule has 0 saturated carbocycles. The van der Waals surface area contributed by atoms with Gasteiger partial charge in [-0.25, -0.2) is 13.1 Å². The van der Waals surface area contributed by atoms with E-state index in [-0.39, 0.29) is 130 Å². The lowest BCUT2D eigenvalue weighted by molar-refractivity contribution is -0.129. The lowest BCUT2D eigenvalue weighted by atomic mass is 9.98. The zero-order valence-corrected chi connectivity index (χ0v) is 82.8. The van der Waals surface area contributed by atoms with E-state index in [1.54, 1.807) is 9.80 Å². The standard InChI is InChI=1S/C34H41N7O2.C33H39N7O2.C33H38N6O2.6H2S/c1-5-24-10-7-11-25-12-8-14-30(32(24)25)39-17-15-28-29(22-39)36-34(43-23-26-13-9-16-38(26)4)37-33(28)40-18-19-41(31(42)6-2)27(21-40)20-35-3;1-5-30(41)40-18-17-39(20-26(40)19-34-3)32-27-14-16-38(29-13-7-11-24-10-6-9-23(2)31(24)29)21-28(27)35-33(36-32)42-22-25-12-8-15-37(25)4;1-4-10-25-21-38(19-20-39(25)31(40)5-2)32-28-16-18-37(30-15-8-12-24-11-6-7-14-27(24)30)22-29(28)34-33(35-32)41-23-26-13-9-17-36(26)3;;;;;;/h6-8,10-12,14,26-27H,2,5,9,13,15-23H2,1,4H3;5-7,9-11,13,25-26H,1,8,12,14-22H2,2,4H3;1,5-8,11-12,14-15,25-26H,2,9-10,13,16-23H2,3H3;6*1H2/t26-,27-;2*25-,26-;;;;;;/m000....../s1. The van der Waals surface area contributed by atoms with Crippen molar-refractivity contribution in [2.45, 2.75) is 140 Å². The number of likely N-dealkylation sites (N-methyl/N-ethyl adjacent to an activating group) is 3. The van der Waals surface area contributed by atoms with Gasteiger partial charge in [-0.3, -0.25) is 14.4 Å². The van der Waals surface area contributed by atoms with E-state index in [1.165, 1.54) is 98.0 Å². The Kier molecular flexibility index (Phi) is 37.8. The van der Waals surface area contributed by atoms with Crippen LogP contribution in [0.15, 0.2) is 153 Å². The highest BCUT2D eigenvalue weighted by atomic mass is 32.1. The number of anilines is 6. The molecule has 3 amide bonds. The van der Waals surface area contributed by atoms with Crippen LogP contribution in [0.3, 0.4) is 0 Å². The normalized spacial score (nSPS) is 19.9. The Hall–Kier alpha value is -10.3. The molecule has 0 radical (unpaired) electrons. The number of carbonyl (C=O) groups excluding carboxylic acids is 3. The van der Waals surface area contributed by atoms with Crippen molar-refractivity contribution in [1.82, 2.24) is 59.3 Å². The number of amides is 3. The van der Waals surface area contributed by atoms with Gasteiger partial charge in [-0.2, -0.15) is 111 Å². The zero-order chi connectivity index (χ0) is 87.5. The second kappa shape index (κ2) is 48.1. The molecule has 0 spiro atoms. The average Bonchev–Trinajstić information content (AvgIpc) is 0.950. The van der Waals surface area contributed by atoms with Crippen molar-refractivity contribution in [2.24, 2.45) is 0 Å². The maximum atomic E-state index is 12.6. The fourth-order valence-corrected chi connectivity index (χ4v) is 20.3. The van der Waals surface area contributed by atoms with E-state index < -0.39 is 0 Å². The van der Waals surface area contributed by atoms with Gasteiger partial charge in [0.2, 0.25) is 30.8 Å². The monoisotopic (exact) mass is 1900 g/mol. The van der Waals surface area contributed by atoms with E-state index >= 15 is 0 Å². The topological polar surface area (TPSA) is 204 Å². The first-order chi connectivity index (χ1) is 61.5. The second-order valence-corrected chi connectivity index (χ2v) is 34.7. The highest BCUT2D eigenvalue weighted by Gasteiger charge is 2.40. The van der Waals surface area contributed by atoms with Crippen molar-refractivity contribution >= 4 is 166 Å². The summed E-state index contributed by atoms with van der Waals surface area (Å²) in [5.41, 5.74) is 12.7. The number of benzene rings is 6. The fourth-order valence-electron chi connectivity index (χ4n) is 20.3. The molecule has 18 rings (SSSR count). The first kappa shape index (κ1) is 104. The second-order valence-electron chi connectivity index (χ2n) is 34.7. The summed E-state index contributed by atoms with van der Waals surface area (Å²) >= 11 is 0. The molecule has 0 unspecified atom stereocenters. The first-order valence-corrected chi connectivity index (χ1v) is 45.1. The molecule has 12 heterocycles. The summed E-state index contributed by atoms with van der Waals surface area (Å²) in [4.78, 5) is 101. The number of ether oxygens (including phenoxy) is 3. The summed E-state index contributed by atoms with van der Waals surface area (Å²) in [5, 5.41) is 7.57. The molecule has 26 nitrogen and oxygen atoms in total. The summed E-state index contributed by atoms with van der Waals surface area (Å²) in [6.45, 7) is 45.7. The van der Waals surface area contributed by atoms with Crippen molar-refractivity contribution in [3.05, 3.63) is 221 Å². The summed E-state index contributed by atoms with van der Waals surface area (Å²) in [6.07, 6.45) is 20.6. The van der Waals surface area contributed by atoms with Gasteiger partial charge < -0.3 is 82.7 Å². The Morgan fingerprint density at radius 2 is 0.788 bits per heavy atom. The van der Waals surface area contributed by atoms with Crippen LogP contribution < -0.4 is 43.6 Å². The number of fused-ring (bicyclic) bond motifs is 6. The first-order valence-electron chi connectivity index (χ1n) is 45.1. The minimum absolute atomic E-state index is 0. The number of terminal acetylenes is 1. The molecule has 132 heavy (non-hydrogen) atoms. The highest BCUT2D eigenvalue weighted by molar-refractivity contribution is 7.60. The highest BCUT2D eigenvalue weighted by Crippen LogP contribution is 2.41. The number of aromatic nitrogens is 6. The predicted octanol–water partition coefficient (Wildman–Crippen LogP) is 13.0. The molecule has 6 saturated heterocycles. The van der Waals surface area contributed by atoms with Crippen LogP contribution in [0.1, 0.15) is 96.8 Å². The molecule has 32 heteroatoms. The van der Waals surface area contributed by atoms with Gasteiger partial charge in [0.1, 0.15) is 49.4 Å². The van der Waals surface area contributed by atoms with Crippen molar-refractivity contribution in [1.29, 1.82) is 0 Å². The minimum Gasteiger partial charge on any atom is -0.462 e. The molecule has 3 aromatic heterocycles. The number of hydrogen-bond acceptors (Lipinski definition) is 21. The van der Waals surface area contributed by atoms with Crippen molar-refractivity contribution < 1.29 is 28.6 Å². The number of carbonyl (C=O) groups is 3. The molecule has 9 aliphatic rings. The number of rotatable bonds is 22. The molecular weight excluding hydrogens is 1770 g/mol. The van der Waals surface area contributed by atoms with Gasteiger partial charge in [-0.15, -0.1) is 12.3 Å². The van der Waals surface area contributed by atoms with Crippen LogP contribution in [-0.2, 0) is 59.7 Å². The molecule has 6 fully saturated rings. The molecule has 9 aliphatic heterocycles. The Balaban J connectivity index is 0.000000201. The number of piperazine rings is 3. The minimum atomic E-state index is -0.220. The van der Waals surface area contributed by atoms with Gasteiger partial charge >= 0.3 is 18.0 Å². The third-order valence-electron chi connectivity index (χ3n) is 27.2. The Morgan fingerprint density at radius 1 is 0.432 bits per heavy atom. The third-order valence-corrected chi connectivity index (χ3v) is 27.2. The van der Waals surface area contributed by atoms with Crippen molar-refractivity contribution in [3.8, 4) is 30.4 Å². The van der Waals surface area contributed by atoms with Crippen LogP contribution in [0, 0.1) is 32.4 Å². The van der Waals surface area contributed by atoms with E-state index in [1.807, 2.05) is 4.90 Å². The molecule has 0 N–H and O–H groups in total. The average molecular weight is 1900 g/mol. The van der Waals surface area contributed by atoms with E-state index in [9.17, 15) is 14.4 Å². The molecule has 702 valence electrons. The molecular formula is C100H130N20O6S6. The smallest absolute Gasteiger partial charge is 0.318 e.